The lowest BCUT2D eigenvalue weighted by Crippen LogP contribution is -2.00. The number of benzene rings is 9. The summed E-state index contributed by atoms with van der Waals surface area (Å²) in [6, 6.07) is 45.2. The van der Waals surface area contributed by atoms with Crippen molar-refractivity contribution < 1.29 is 19.5 Å². The number of hydrogen-bond acceptors (Lipinski definition) is 4. The van der Waals surface area contributed by atoms with Crippen LogP contribution in [0.5, 0.6) is 0 Å². The maximum atomic E-state index is 9.66. The van der Waals surface area contributed by atoms with Gasteiger partial charge in [0.2, 0.25) is 0 Å². The van der Waals surface area contributed by atoms with E-state index in [0.717, 1.165) is 44.5 Å². The van der Waals surface area contributed by atoms with Gasteiger partial charge in [-0.2, -0.15) is 0 Å². The third kappa shape index (κ3) is 7.17. The van der Waals surface area contributed by atoms with Crippen LogP contribution in [-0.4, -0.2) is 15.0 Å². The summed E-state index contributed by atoms with van der Waals surface area (Å²) in [5.74, 6) is 0.304. The van der Waals surface area contributed by atoms with Crippen molar-refractivity contribution in [3.05, 3.63) is 224 Å². The molecule has 0 radical (unpaired) electrons. The van der Waals surface area contributed by atoms with Gasteiger partial charge in [0, 0.05) is 27.5 Å². The average molecular weight is 791 g/mol. The Morgan fingerprint density at radius 1 is 0.295 bits per heavy atom. The highest BCUT2D eigenvalue weighted by Gasteiger charge is 2.17. The van der Waals surface area contributed by atoms with Crippen molar-refractivity contribution in [1.29, 1.82) is 0 Å². The first kappa shape index (κ1) is 26.0. The fourth-order valence-corrected chi connectivity index (χ4v) is 7.42. The number of furan rings is 1. The molecule has 0 spiro atoms. The van der Waals surface area contributed by atoms with Gasteiger partial charge in [-0.3, -0.25) is 0 Å². The molecule has 11 rings (SSSR count). The van der Waals surface area contributed by atoms with E-state index in [1.54, 1.807) is 0 Å². The molecule has 0 unspecified atom stereocenters. The molecule has 0 amide bonds. The molecule has 61 heavy (non-hydrogen) atoms. The van der Waals surface area contributed by atoms with Gasteiger partial charge in [0.15, 0.2) is 17.5 Å². The highest BCUT2D eigenvalue weighted by atomic mass is 16.3. The molecule has 11 aromatic rings. The largest absolute Gasteiger partial charge is 0.456 e. The van der Waals surface area contributed by atoms with E-state index >= 15 is 0 Å². The van der Waals surface area contributed by atoms with Gasteiger partial charge < -0.3 is 4.42 Å². The maximum Gasteiger partial charge on any atom is 0.164 e. The second-order valence-corrected chi connectivity index (χ2v) is 14.4. The van der Waals surface area contributed by atoms with Gasteiger partial charge in [-0.1, -0.05) is 176 Å². The summed E-state index contributed by atoms with van der Waals surface area (Å²) in [4.78, 5) is 14.9. The van der Waals surface area contributed by atoms with Crippen LogP contribution in [0.25, 0.3) is 112 Å². The minimum Gasteiger partial charge on any atom is -0.456 e. The number of rotatable bonds is 8. The van der Waals surface area contributed by atoms with E-state index in [1.165, 1.54) is 0 Å². The van der Waals surface area contributed by atoms with Crippen LogP contribution in [0.4, 0.5) is 0 Å². The van der Waals surface area contributed by atoms with E-state index in [-0.39, 0.29) is 45.0 Å². The summed E-state index contributed by atoms with van der Waals surface area (Å²) in [6.45, 7) is 0. The Balaban J connectivity index is 1.13. The number of hydrogen-bond donors (Lipinski definition) is 0. The SMILES string of the molecule is [2H]c1c([2H])c([2H])c(-c2c([2H])c([2H])c3oc4c([2H])c(-c5nc(-c6ccc(-c7cccc(-c8ccccc8)c7)cc6)nc(-c6cc(-c7ccccc7)cc(-c7ccccc7)c6)n5)c([2H])c([2H])c4c3c2[2H])c([2H])c1[2H]. The van der Waals surface area contributed by atoms with Crippen LogP contribution >= 0.6 is 0 Å². The second-order valence-electron chi connectivity index (χ2n) is 14.4. The first-order valence-corrected chi connectivity index (χ1v) is 19.6. The lowest BCUT2D eigenvalue weighted by atomic mass is 9.96. The van der Waals surface area contributed by atoms with Gasteiger partial charge in [-0.25, -0.2) is 15.0 Å². The van der Waals surface area contributed by atoms with E-state index < -0.39 is 77.6 Å². The molecule has 286 valence electrons. The molecule has 4 nitrogen and oxygen atoms in total. The number of aromatic nitrogens is 3. The van der Waals surface area contributed by atoms with E-state index in [1.807, 2.05) is 127 Å². The molecule has 0 aliphatic carbocycles. The van der Waals surface area contributed by atoms with Gasteiger partial charge in [0.1, 0.15) is 11.2 Å². The molecule has 0 aliphatic heterocycles. The Kier molecular flexibility index (Phi) is 6.61. The van der Waals surface area contributed by atoms with Gasteiger partial charge >= 0.3 is 0 Å². The van der Waals surface area contributed by atoms with Crippen LogP contribution in [0.15, 0.2) is 229 Å². The van der Waals surface area contributed by atoms with E-state index in [4.69, 9.17) is 29.0 Å². The standard InChI is InChI=1S/C57H37N3O/c1-5-14-38(15-6-1)44-22-13-23-45(32-44)42-24-26-43(27-25-42)55-58-56(47-28-30-51-52-36-46(39-16-7-2-8-17-39)29-31-53(52)61-54(51)37-47)60-57(59-55)50-34-48(40-18-9-3-10-19-40)33-49(35-50)41-20-11-4-12-21-41/h1-37H/i2D,7D,8D,16D,17D,28D,29D,30D,31D,36D,37D. The molecule has 0 fully saturated rings. The Morgan fingerprint density at radius 3 is 1.39 bits per heavy atom. The van der Waals surface area contributed by atoms with E-state index in [0.29, 0.717) is 11.1 Å². The van der Waals surface area contributed by atoms with Gasteiger partial charge in [0.25, 0.3) is 0 Å². The molecule has 0 atom stereocenters. The Bertz CT molecular complexity index is 3900. The van der Waals surface area contributed by atoms with E-state index in [2.05, 4.69) is 30.3 Å². The van der Waals surface area contributed by atoms with Crippen molar-refractivity contribution in [2.24, 2.45) is 0 Å². The highest BCUT2D eigenvalue weighted by Crippen LogP contribution is 2.37. The quantitative estimate of drug-likeness (QED) is 0.154. The molecule has 0 aliphatic rings. The monoisotopic (exact) mass is 790 g/mol. The van der Waals surface area contributed by atoms with Gasteiger partial charge in [-0.05, 0) is 104 Å². The van der Waals surface area contributed by atoms with Crippen molar-refractivity contribution >= 4 is 21.9 Å². The van der Waals surface area contributed by atoms with Gasteiger partial charge in [0.05, 0.1) is 15.1 Å². The molecule has 0 saturated carbocycles. The molecule has 9 aromatic carbocycles. The second kappa shape index (κ2) is 15.5. The molecule has 0 bridgehead atoms. The minimum atomic E-state index is -0.690. The summed E-state index contributed by atoms with van der Waals surface area (Å²) in [5.41, 5.74) is 7.22. The predicted molar refractivity (Wildman–Crippen MR) is 251 cm³/mol. The van der Waals surface area contributed by atoms with Crippen LogP contribution in [-0.2, 0) is 0 Å². The maximum absolute atomic E-state index is 9.66. The smallest absolute Gasteiger partial charge is 0.164 e. The zero-order chi connectivity index (χ0) is 50.1. The van der Waals surface area contributed by atoms with Crippen molar-refractivity contribution in [3.8, 4) is 89.8 Å². The van der Waals surface area contributed by atoms with Crippen LogP contribution in [0.2, 0.25) is 0 Å². The summed E-state index contributed by atoms with van der Waals surface area (Å²) < 4.78 is 104. The molecule has 2 heterocycles. The minimum absolute atomic E-state index is 0.120. The van der Waals surface area contributed by atoms with Crippen molar-refractivity contribution in [1.82, 2.24) is 15.0 Å². The number of nitrogens with zero attached hydrogens (tertiary/aromatic N) is 3. The zero-order valence-corrected chi connectivity index (χ0v) is 32.3. The summed E-state index contributed by atoms with van der Waals surface area (Å²) >= 11 is 0. The summed E-state index contributed by atoms with van der Waals surface area (Å²) in [5, 5.41) is -0.413. The van der Waals surface area contributed by atoms with Crippen molar-refractivity contribution in [2.75, 3.05) is 0 Å². The van der Waals surface area contributed by atoms with Crippen molar-refractivity contribution in [3.63, 3.8) is 0 Å². The third-order valence-corrected chi connectivity index (χ3v) is 10.5. The first-order chi connectivity index (χ1) is 34.8. The van der Waals surface area contributed by atoms with E-state index in [9.17, 15) is 5.48 Å². The topological polar surface area (TPSA) is 51.8 Å². The first-order valence-electron chi connectivity index (χ1n) is 25.1. The summed E-state index contributed by atoms with van der Waals surface area (Å²) in [7, 11) is 0. The molecular weight excluding hydrogens is 743 g/mol. The molecule has 0 saturated heterocycles. The van der Waals surface area contributed by atoms with Gasteiger partial charge in [-0.15, -0.1) is 0 Å². The Hall–Kier alpha value is -8.21. The summed E-state index contributed by atoms with van der Waals surface area (Å²) in [6.07, 6.45) is 0. The highest BCUT2D eigenvalue weighted by molar-refractivity contribution is 6.07. The molecular formula is C57H37N3O. The Morgan fingerprint density at radius 2 is 0.770 bits per heavy atom. The lowest BCUT2D eigenvalue weighted by Gasteiger charge is -2.13. The van der Waals surface area contributed by atoms with Crippen LogP contribution < -0.4 is 0 Å². The molecule has 4 heteroatoms. The third-order valence-electron chi connectivity index (χ3n) is 10.5. The zero-order valence-electron chi connectivity index (χ0n) is 43.3. The Labute approximate surface area is 369 Å². The predicted octanol–water partition coefficient (Wildman–Crippen LogP) is 15.1. The molecule has 2 aromatic heterocycles. The van der Waals surface area contributed by atoms with Crippen LogP contribution in [0.3, 0.4) is 0 Å². The van der Waals surface area contributed by atoms with Crippen molar-refractivity contribution in [2.45, 2.75) is 0 Å². The van der Waals surface area contributed by atoms with Crippen LogP contribution in [0.1, 0.15) is 15.1 Å². The molecule has 0 N–H and O–H groups in total. The fraction of sp³-hybridized carbons (Fsp3) is 0. The average Bonchev–Trinajstić information content (AvgIpc) is 3.84. The fourth-order valence-electron chi connectivity index (χ4n) is 7.42. The normalized spacial score (nSPS) is 13.8. The lowest BCUT2D eigenvalue weighted by molar-refractivity contribution is 0.669. The van der Waals surface area contributed by atoms with Crippen LogP contribution in [0, 0.1) is 0 Å². The number of fused-ring (bicyclic) bond motifs is 3.